The van der Waals surface area contributed by atoms with Crippen molar-refractivity contribution >= 4 is 5.97 Å². The number of rotatable bonds is 9. The molecule has 0 spiro atoms. The van der Waals surface area contributed by atoms with Gasteiger partial charge in [-0.3, -0.25) is 4.79 Å². The summed E-state index contributed by atoms with van der Waals surface area (Å²) in [5.41, 5.74) is 1.11. The Morgan fingerprint density at radius 2 is 1.61 bits per heavy atom. The fourth-order valence-corrected chi connectivity index (χ4v) is 3.45. The number of aromatic carboxylic acids is 1. The lowest BCUT2D eigenvalue weighted by atomic mass is 9.92. The lowest BCUT2D eigenvalue weighted by Gasteiger charge is -2.18. The molecule has 0 atom stereocenters. The number of aromatic nitrogens is 1. The summed E-state index contributed by atoms with van der Waals surface area (Å²) in [7, 11) is 0. The average Bonchev–Trinajstić information content (AvgIpc) is 2.77. The van der Waals surface area contributed by atoms with Crippen molar-refractivity contribution in [2.45, 2.75) is 13.8 Å². The number of phenolic OH excluding ortho intramolecular Hbond substituents is 1. The predicted molar refractivity (Wildman–Crippen MR) is 120 cm³/mol. The van der Waals surface area contributed by atoms with Crippen LogP contribution < -0.4 is 10.3 Å². The number of aromatic hydroxyl groups is 1. The third kappa shape index (κ3) is 5.13. The van der Waals surface area contributed by atoms with Crippen LogP contribution in [-0.4, -0.2) is 52.3 Å². The largest absolute Gasteiger partial charge is 0.508 e. The molecule has 0 fully saturated rings. The number of H-pyrrole nitrogens is 1. The van der Waals surface area contributed by atoms with Crippen LogP contribution in [0.5, 0.6) is 11.5 Å². The van der Waals surface area contributed by atoms with Crippen molar-refractivity contribution in [3.05, 3.63) is 70.6 Å². The highest BCUT2D eigenvalue weighted by atomic mass is 16.5. The van der Waals surface area contributed by atoms with Crippen molar-refractivity contribution < 1.29 is 19.7 Å². The number of nitrogens with one attached hydrogen (secondary N) is 1. The van der Waals surface area contributed by atoms with Gasteiger partial charge in [0.05, 0.1) is 0 Å². The summed E-state index contributed by atoms with van der Waals surface area (Å²) < 4.78 is 5.81. The first-order valence-electron chi connectivity index (χ1n) is 10.2. The van der Waals surface area contributed by atoms with E-state index in [4.69, 9.17) is 4.74 Å². The number of aromatic amines is 1. The van der Waals surface area contributed by atoms with Crippen LogP contribution in [-0.2, 0) is 0 Å². The van der Waals surface area contributed by atoms with E-state index in [1.165, 1.54) is 18.3 Å². The molecule has 3 rings (SSSR count). The number of carboxylic acids is 1. The maximum Gasteiger partial charge on any atom is 0.342 e. The molecule has 7 nitrogen and oxygen atoms in total. The number of ether oxygens (including phenoxy) is 1. The van der Waals surface area contributed by atoms with E-state index in [1.54, 1.807) is 36.4 Å². The van der Waals surface area contributed by atoms with E-state index in [2.05, 4.69) is 23.7 Å². The Labute approximate surface area is 180 Å². The quantitative estimate of drug-likeness (QED) is 0.484. The molecule has 0 saturated carbocycles. The van der Waals surface area contributed by atoms with Gasteiger partial charge in [0.2, 0.25) is 0 Å². The molecule has 162 valence electrons. The van der Waals surface area contributed by atoms with Crippen molar-refractivity contribution in [3.8, 4) is 33.8 Å². The second-order valence-electron chi connectivity index (χ2n) is 7.03. The smallest absolute Gasteiger partial charge is 0.342 e. The molecule has 0 aliphatic carbocycles. The summed E-state index contributed by atoms with van der Waals surface area (Å²) >= 11 is 0. The zero-order valence-electron chi connectivity index (χ0n) is 17.6. The monoisotopic (exact) mass is 422 g/mol. The van der Waals surface area contributed by atoms with Crippen molar-refractivity contribution in [1.82, 2.24) is 9.88 Å². The highest BCUT2D eigenvalue weighted by Crippen LogP contribution is 2.34. The molecule has 3 N–H and O–H groups in total. The molecule has 0 aliphatic heterocycles. The van der Waals surface area contributed by atoms with Crippen LogP contribution in [0, 0.1) is 0 Å². The van der Waals surface area contributed by atoms with E-state index in [9.17, 15) is 19.8 Å². The van der Waals surface area contributed by atoms with E-state index < -0.39 is 11.5 Å². The lowest BCUT2D eigenvalue weighted by Crippen LogP contribution is -2.27. The van der Waals surface area contributed by atoms with Crippen molar-refractivity contribution in [3.63, 3.8) is 0 Å². The average molecular weight is 422 g/mol. The number of benzene rings is 2. The Bertz CT molecular complexity index is 1080. The number of likely N-dealkylation sites (N-methyl/N-ethyl adjacent to an activating group) is 1. The number of carboxylic acid groups (broad SMARTS) is 1. The van der Waals surface area contributed by atoms with Gasteiger partial charge in [0.25, 0.3) is 5.56 Å². The molecular weight excluding hydrogens is 396 g/mol. The van der Waals surface area contributed by atoms with Crippen molar-refractivity contribution in [1.29, 1.82) is 0 Å². The number of pyridine rings is 1. The first kappa shape index (κ1) is 22.1. The van der Waals surface area contributed by atoms with Crippen LogP contribution in [0.15, 0.2) is 59.5 Å². The summed E-state index contributed by atoms with van der Waals surface area (Å²) in [4.78, 5) is 29.0. The molecular formula is C24H26N2O5. The van der Waals surface area contributed by atoms with Crippen LogP contribution >= 0.6 is 0 Å². The first-order chi connectivity index (χ1) is 14.9. The summed E-state index contributed by atoms with van der Waals surface area (Å²) in [6, 6.07) is 13.4. The minimum Gasteiger partial charge on any atom is -0.508 e. The Morgan fingerprint density at radius 3 is 2.19 bits per heavy atom. The molecule has 0 radical (unpaired) electrons. The van der Waals surface area contributed by atoms with Gasteiger partial charge in [-0.1, -0.05) is 38.1 Å². The lowest BCUT2D eigenvalue weighted by molar-refractivity contribution is 0.0696. The second-order valence-corrected chi connectivity index (χ2v) is 7.03. The van der Waals surface area contributed by atoms with Crippen molar-refractivity contribution in [2.75, 3.05) is 26.2 Å². The van der Waals surface area contributed by atoms with Gasteiger partial charge in [0, 0.05) is 23.9 Å². The van der Waals surface area contributed by atoms with E-state index >= 15 is 0 Å². The van der Waals surface area contributed by atoms with Crippen molar-refractivity contribution in [2.24, 2.45) is 0 Å². The zero-order valence-corrected chi connectivity index (χ0v) is 17.6. The maximum atomic E-state index is 12.3. The van der Waals surface area contributed by atoms with Gasteiger partial charge in [0.15, 0.2) is 0 Å². The Balaban J connectivity index is 1.97. The highest BCUT2D eigenvalue weighted by molar-refractivity contribution is 6.00. The molecule has 2 aromatic carbocycles. The Hall–Kier alpha value is -3.58. The van der Waals surface area contributed by atoms with E-state index in [0.29, 0.717) is 34.6 Å². The fourth-order valence-electron chi connectivity index (χ4n) is 3.45. The summed E-state index contributed by atoms with van der Waals surface area (Å²) in [6.45, 7) is 7.48. The van der Waals surface area contributed by atoms with E-state index in [1.807, 2.05) is 0 Å². The molecule has 1 heterocycles. The van der Waals surface area contributed by atoms with Crippen LogP contribution in [0.1, 0.15) is 24.2 Å². The maximum absolute atomic E-state index is 12.3. The molecule has 3 aromatic rings. The van der Waals surface area contributed by atoms with Crippen LogP contribution in [0.3, 0.4) is 0 Å². The Kier molecular flexibility index (Phi) is 7.10. The normalized spacial score (nSPS) is 10.9. The van der Waals surface area contributed by atoms with Crippen LogP contribution in [0.2, 0.25) is 0 Å². The molecule has 0 bridgehead atoms. The van der Waals surface area contributed by atoms with Gasteiger partial charge >= 0.3 is 5.97 Å². The van der Waals surface area contributed by atoms with Gasteiger partial charge in [-0.25, -0.2) is 4.79 Å². The third-order valence-corrected chi connectivity index (χ3v) is 5.20. The van der Waals surface area contributed by atoms with Crippen LogP contribution in [0.4, 0.5) is 0 Å². The van der Waals surface area contributed by atoms with Gasteiger partial charge in [-0.2, -0.15) is 0 Å². The number of nitrogens with zero attached hydrogens (tertiary/aromatic N) is 1. The molecule has 7 heteroatoms. The van der Waals surface area contributed by atoms with Gasteiger partial charge in [-0.05, 0) is 48.5 Å². The summed E-state index contributed by atoms with van der Waals surface area (Å²) in [5, 5.41) is 19.3. The molecule has 0 saturated heterocycles. The third-order valence-electron chi connectivity index (χ3n) is 5.20. The molecule has 31 heavy (non-hydrogen) atoms. The van der Waals surface area contributed by atoms with Gasteiger partial charge in [-0.15, -0.1) is 0 Å². The molecule has 0 aliphatic rings. The number of phenols is 1. The number of carbonyl (C=O) groups is 1. The molecule has 0 amide bonds. The predicted octanol–water partition coefficient (Wildman–Crippen LogP) is 3.83. The van der Waals surface area contributed by atoms with Crippen LogP contribution in [0.25, 0.3) is 22.3 Å². The van der Waals surface area contributed by atoms with Gasteiger partial charge < -0.3 is 24.8 Å². The highest BCUT2D eigenvalue weighted by Gasteiger charge is 2.21. The van der Waals surface area contributed by atoms with Gasteiger partial charge in [0.1, 0.15) is 23.7 Å². The number of hydrogen-bond acceptors (Lipinski definition) is 5. The minimum absolute atomic E-state index is 0.0967. The number of hydrogen-bond donors (Lipinski definition) is 3. The van der Waals surface area contributed by atoms with E-state index in [-0.39, 0.29) is 11.3 Å². The molecule has 1 aromatic heterocycles. The summed E-state index contributed by atoms with van der Waals surface area (Å²) in [6.07, 6.45) is 1.49. The Morgan fingerprint density at radius 1 is 1.00 bits per heavy atom. The fraction of sp³-hybridized carbons (Fsp3) is 0.250. The topological polar surface area (TPSA) is 103 Å². The summed E-state index contributed by atoms with van der Waals surface area (Å²) in [5.74, 6) is -0.542. The van der Waals surface area contributed by atoms with E-state index in [0.717, 1.165) is 19.6 Å². The SMILES string of the molecule is CCN(CC)CCOc1ccc(-c2c(-c3ccc(O)cc3)c[nH]c(=O)c2C(=O)O)cc1. The second kappa shape index (κ2) is 9.95. The zero-order chi connectivity index (χ0) is 22.4. The first-order valence-corrected chi connectivity index (χ1v) is 10.2. The minimum atomic E-state index is -1.31. The molecule has 0 unspecified atom stereocenters. The standard InChI is InChI=1S/C24H26N2O5/c1-3-26(4-2)13-14-31-19-11-7-17(8-12-19)21-20(16-5-9-18(27)10-6-16)15-25-23(28)22(21)24(29)30/h5-12,15,27H,3-4,13-14H2,1-2H3,(H,25,28)(H,29,30).